The quantitative estimate of drug-likeness (QED) is 0.690. The monoisotopic (exact) mass is 257 g/mol. The minimum atomic E-state index is 0.185. The van der Waals surface area contributed by atoms with Crippen LogP contribution < -0.4 is 11.1 Å². The Labute approximate surface area is 110 Å². The van der Waals surface area contributed by atoms with Crippen LogP contribution in [0, 0.1) is 0 Å². The maximum absolute atomic E-state index is 11.2. The number of nitrogens with one attached hydrogen (secondary N) is 1. The van der Waals surface area contributed by atoms with E-state index in [1.165, 1.54) is 0 Å². The molecule has 5 nitrogen and oxygen atoms in total. The van der Waals surface area contributed by atoms with Gasteiger partial charge in [-0.2, -0.15) is 0 Å². The first-order valence-corrected chi connectivity index (χ1v) is 6.88. The number of hydrogen-bond acceptors (Lipinski definition) is 4. The van der Waals surface area contributed by atoms with Crippen molar-refractivity contribution in [3.63, 3.8) is 0 Å². The second-order valence-corrected chi connectivity index (χ2v) is 5.03. The summed E-state index contributed by atoms with van der Waals surface area (Å²) in [5.41, 5.74) is 5.54. The lowest BCUT2D eigenvalue weighted by molar-refractivity contribution is -0.129. The van der Waals surface area contributed by atoms with Crippen LogP contribution in [0.25, 0.3) is 0 Å². The molecular weight excluding hydrogens is 230 g/mol. The van der Waals surface area contributed by atoms with Gasteiger partial charge >= 0.3 is 0 Å². The van der Waals surface area contributed by atoms with Crippen molar-refractivity contribution in [1.82, 2.24) is 10.2 Å². The van der Waals surface area contributed by atoms with Crippen LogP contribution in [0.3, 0.4) is 0 Å². The first-order chi connectivity index (χ1) is 8.67. The molecule has 1 aliphatic rings. The predicted octanol–water partition coefficient (Wildman–Crippen LogP) is 0.341. The van der Waals surface area contributed by atoms with E-state index in [4.69, 9.17) is 10.5 Å². The largest absolute Gasteiger partial charge is 0.383 e. The molecule has 0 spiro atoms. The molecule has 1 amide bonds. The number of amides is 1. The zero-order chi connectivity index (χ0) is 13.4. The van der Waals surface area contributed by atoms with Gasteiger partial charge in [0.1, 0.15) is 0 Å². The number of rotatable bonds is 7. The van der Waals surface area contributed by atoms with Gasteiger partial charge in [-0.25, -0.2) is 0 Å². The summed E-state index contributed by atoms with van der Waals surface area (Å²) >= 11 is 0. The average molecular weight is 257 g/mol. The van der Waals surface area contributed by atoms with E-state index in [2.05, 4.69) is 5.32 Å². The van der Waals surface area contributed by atoms with Gasteiger partial charge in [-0.1, -0.05) is 0 Å². The van der Waals surface area contributed by atoms with Gasteiger partial charge in [0.25, 0.3) is 0 Å². The molecule has 1 aliphatic heterocycles. The van der Waals surface area contributed by atoms with Gasteiger partial charge in [0.05, 0.1) is 6.61 Å². The topological polar surface area (TPSA) is 67.6 Å². The molecule has 0 bridgehead atoms. The fourth-order valence-corrected chi connectivity index (χ4v) is 2.47. The van der Waals surface area contributed by atoms with Crippen molar-refractivity contribution in [2.75, 3.05) is 33.4 Å². The van der Waals surface area contributed by atoms with E-state index in [9.17, 15) is 4.79 Å². The van der Waals surface area contributed by atoms with Gasteiger partial charge < -0.3 is 20.7 Å². The Kier molecular flexibility index (Phi) is 7.23. The van der Waals surface area contributed by atoms with Gasteiger partial charge in [0.2, 0.25) is 5.91 Å². The zero-order valence-electron chi connectivity index (χ0n) is 11.7. The number of methoxy groups -OCH3 is 1. The molecule has 1 unspecified atom stereocenters. The van der Waals surface area contributed by atoms with E-state index in [0.29, 0.717) is 12.1 Å². The molecule has 0 saturated carbocycles. The summed E-state index contributed by atoms with van der Waals surface area (Å²) < 4.78 is 5.23. The van der Waals surface area contributed by atoms with Crippen molar-refractivity contribution in [3.05, 3.63) is 0 Å². The second-order valence-electron chi connectivity index (χ2n) is 5.03. The van der Waals surface area contributed by atoms with Crippen LogP contribution in [0.5, 0.6) is 0 Å². The van der Waals surface area contributed by atoms with Crippen molar-refractivity contribution in [2.45, 2.75) is 44.7 Å². The molecule has 0 aromatic heterocycles. The molecule has 106 valence electrons. The maximum Gasteiger partial charge on any atom is 0.219 e. The van der Waals surface area contributed by atoms with Gasteiger partial charge in [-0.3, -0.25) is 4.79 Å². The molecule has 1 atom stereocenters. The van der Waals surface area contributed by atoms with E-state index < -0.39 is 0 Å². The molecule has 0 radical (unpaired) electrons. The number of nitrogens with two attached hydrogens (primary N) is 1. The van der Waals surface area contributed by atoms with Gasteiger partial charge in [-0.05, 0) is 32.2 Å². The first kappa shape index (κ1) is 15.4. The summed E-state index contributed by atoms with van der Waals surface area (Å²) in [5, 5.41) is 3.63. The fourth-order valence-electron chi connectivity index (χ4n) is 2.47. The highest BCUT2D eigenvalue weighted by Gasteiger charge is 2.22. The molecule has 1 saturated heterocycles. The second kappa shape index (κ2) is 8.45. The zero-order valence-corrected chi connectivity index (χ0v) is 11.7. The van der Waals surface area contributed by atoms with Crippen LogP contribution in [0.4, 0.5) is 0 Å². The minimum absolute atomic E-state index is 0.185. The normalized spacial score (nSPS) is 18.9. The van der Waals surface area contributed by atoms with Crippen molar-refractivity contribution in [1.29, 1.82) is 0 Å². The third kappa shape index (κ3) is 5.33. The van der Waals surface area contributed by atoms with E-state index in [1.807, 2.05) is 4.90 Å². The van der Waals surface area contributed by atoms with Crippen LogP contribution in [0.1, 0.15) is 32.6 Å². The van der Waals surface area contributed by atoms with Crippen LogP contribution in [0.2, 0.25) is 0 Å². The molecule has 1 fully saturated rings. The van der Waals surface area contributed by atoms with Gasteiger partial charge in [-0.15, -0.1) is 0 Å². The smallest absolute Gasteiger partial charge is 0.219 e. The predicted molar refractivity (Wildman–Crippen MR) is 72.4 cm³/mol. The summed E-state index contributed by atoms with van der Waals surface area (Å²) in [6.45, 7) is 4.83. The lowest BCUT2D eigenvalue weighted by atomic mass is 10.0. The van der Waals surface area contributed by atoms with Crippen molar-refractivity contribution < 1.29 is 9.53 Å². The van der Waals surface area contributed by atoms with Crippen molar-refractivity contribution in [2.24, 2.45) is 5.73 Å². The molecule has 0 aromatic carbocycles. The Morgan fingerprint density at radius 3 is 2.67 bits per heavy atom. The van der Waals surface area contributed by atoms with Crippen LogP contribution in [-0.2, 0) is 9.53 Å². The molecule has 3 N–H and O–H groups in total. The Balaban J connectivity index is 2.30. The van der Waals surface area contributed by atoms with Gasteiger partial charge in [0, 0.05) is 39.2 Å². The highest BCUT2D eigenvalue weighted by molar-refractivity contribution is 5.73. The molecule has 1 heterocycles. The fraction of sp³-hybridized carbons (Fsp3) is 0.923. The number of likely N-dealkylation sites (tertiary alicyclic amines) is 1. The van der Waals surface area contributed by atoms with E-state index >= 15 is 0 Å². The Hall–Kier alpha value is -0.650. The molecular formula is C13H27N3O2. The lowest BCUT2D eigenvalue weighted by Gasteiger charge is -2.34. The Morgan fingerprint density at radius 2 is 2.17 bits per heavy atom. The number of hydrogen-bond donors (Lipinski definition) is 2. The number of piperidine rings is 1. The van der Waals surface area contributed by atoms with Crippen LogP contribution in [-0.4, -0.2) is 56.2 Å². The number of carbonyl (C=O) groups excluding carboxylic acids is 1. The Morgan fingerprint density at radius 1 is 1.50 bits per heavy atom. The van der Waals surface area contributed by atoms with E-state index in [-0.39, 0.29) is 5.91 Å². The maximum atomic E-state index is 11.2. The van der Waals surface area contributed by atoms with Crippen molar-refractivity contribution >= 4 is 5.91 Å². The highest BCUT2D eigenvalue weighted by atomic mass is 16.5. The van der Waals surface area contributed by atoms with Crippen molar-refractivity contribution in [3.8, 4) is 0 Å². The summed E-state index contributed by atoms with van der Waals surface area (Å²) in [6, 6.07) is 0.881. The SMILES string of the molecule is COCC(CCCN)NC1CCN(C(C)=O)CC1. The van der Waals surface area contributed by atoms with Crippen LogP contribution in [0.15, 0.2) is 0 Å². The third-order valence-electron chi connectivity index (χ3n) is 3.54. The third-order valence-corrected chi connectivity index (χ3v) is 3.54. The van der Waals surface area contributed by atoms with Gasteiger partial charge in [0.15, 0.2) is 0 Å². The van der Waals surface area contributed by atoms with E-state index in [0.717, 1.165) is 51.9 Å². The first-order valence-electron chi connectivity index (χ1n) is 6.88. The molecule has 1 rings (SSSR count). The summed E-state index contributed by atoms with van der Waals surface area (Å²) in [4.78, 5) is 13.2. The molecule has 5 heteroatoms. The number of nitrogens with zero attached hydrogens (tertiary/aromatic N) is 1. The van der Waals surface area contributed by atoms with E-state index in [1.54, 1.807) is 14.0 Å². The lowest BCUT2D eigenvalue weighted by Crippen LogP contribution is -2.48. The number of carbonyl (C=O) groups is 1. The summed E-state index contributed by atoms with van der Waals surface area (Å²) in [7, 11) is 1.73. The average Bonchev–Trinajstić information content (AvgIpc) is 2.37. The minimum Gasteiger partial charge on any atom is -0.383 e. The molecule has 18 heavy (non-hydrogen) atoms. The summed E-state index contributed by atoms with van der Waals surface area (Å²) in [6.07, 6.45) is 4.13. The summed E-state index contributed by atoms with van der Waals surface area (Å²) in [5.74, 6) is 0.185. The Bertz CT molecular complexity index is 240. The van der Waals surface area contributed by atoms with Crippen LogP contribution >= 0.6 is 0 Å². The molecule has 0 aromatic rings. The molecule has 0 aliphatic carbocycles. The standard InChI is InChI=1S/C13H27N3O2/c1-11(17)16-8-5-12(6-9-16)15-13(10-18-2)4-3-7-14/h12-13,15H,3-10,14H2,1-2H3. The number of ether oxygens (including phenoxy) is 1. The highest BCUT2D eigenvalue weighted by Crippen LogP contribution is 2.12.